The summed E-state index contributed by atoms with van der Waals surface area (Å²) in [7, 11) is 3.33. The van der Waals surface area contributed by atoms with Gasteiger partial charge in [0.25, 0.3) is 5.91 Å². The second kappa shape index (κ2) is 5.32. The zero-order valence-corrected chi connectivity index (χ0v) is 11.7. The number of hydrogen-bond donors (Lipinski definition) is 1. The number of carbonyl (C=O) groups is 1. The van der Waals surface area contributed by atoms with Crippen LogP contribution >= 0.6 is 11.6 Å². The van der Waals surface area contributed by atoms with E-state index in [1.807, 2.05) is 6.92 Å². The molecule has 2 aromatic rings. The van der Waals surface area contributed by atoms with Crippen LogP contribution in [-0.2, 0) is 7.05 Å². The lowest BCUT2D eigenvalue weighted by atomic mass is 10.2. The highest BCUT2D eigenvalue weighted by Gasteiger charge is 2.13. The number of aromatic nitrogens is 2. The van der Waals surface area contributed by atoms with Crippen molar-refractivity contribution in [1.29, 1.82) is 0 Å². The first kappa shape index (κ1) is 13.4. The number of ether oxygens (including phenoxy) is 1. The lowest BCUT2D eigenvalue weighted by molar-refractivity contribution is 0.102. The van der Waals surface area contributed by atoms with E-state index in [1.54, 1.807) is 37.0 Å². The monoisotopic (exact) mass is 279 g/mol. The molecule has 0 fully saturated rings. The smallest absolute Gasteiger partial charge is 0.259 e. The zero-order valence-electron chi connectivity index (χ0n) is 10.9. The molecule has 0 saturated heterocycles. The number of rotatable bonds is 3. The molecule has 0 spiro atoms. The van der Waals surface area contributed by atoms with E-state index in [2.05, 4.69) is 10.4 Å². The molecule has 0 atom stereocenters. The largest absolute Gasteiger partial charge is 0.495 e. The zero-order chi connectivity index (χ0) is 14.0. The summed E-state index contributed by atoms with van der Waals surface area (Å²) < 4.78 is 6.70. The van der Waals surface area contributed by atoms with Gasteiger partial charge < -0.3 is 10.1 Å². The fraction of sp³-hybridized carbons (Fsp3) is 0.231. The Kier molecular flexibility index (Phi) is 3.76. The number of nitrogens with zero attached hydrogens (tertiary/aromatic N) is 2. The second-order valence-corrected chi connectivity index (χ2v) is 4.48. The summed E-state index contributed by atoms with van der Waals surface area (Å²) in [6.07, 6.45) is 1.54. The van der Waals surface area contributed by atoms with Crippen LogP contribution in [0.3, 0.4) is 0 Å². The number of halogens is 1. The van der Waals surface area contributed by atoms with Gasteiger partial charge in [-0.1, -0.05) is 11.6 Å². The minimum absolute atomic E-state index is 0.216. The first-order valence-corrected chi connectivity index (χ1v) is 6.04. The van der Waals surface area contributed by atoms with Gasteiger partial charge in [-0.15, -0.1) is 0 Å². The summed E-state index contributed by atoms with van der Waals surface area (Å²) in [4.78, 5) is 12.1. The molecule has 5 nitrogen and oxygen atoms in total. The van der Waals surface area contributed by atoms with Gasteiger partial charge in [0, 0.05) is 18.4 Å². The Labute approximate surface area is 116 Å². The van der Waals surface area contributed by atoms with Crippen LogP contribution in [0.5, 0.6) is 5.75 Å². The van der Waals surface area contributed by atoms with Crippen molar-refractivity contribution in [1.82, 2.24) is 9.78 Å². The topological polar surface area (TPSA) is 56.1 Å². The van der Waals surface area contributed by atoms with Crippen molar-refractivity contribution in [3.8, 4) is 5.75 Å². The Bertz CT molecular complexity index is 622. The fourth-order valence-corrected chi connectivity index (χ4v) is 1.92. The van der Waals surface area contributed by atoms with Gasteiger partial charge in [-0.25, -0.2) is 0 Å². The van der Waals surface area contributed by atoms with Crippen molar-refractivity contribution >= 4 is 23.2 Å². The molecule has 1 aromatic carbocycles. The van der Waals surface area contributed by atoms with E-state index in [1.165, 1.54) is 6.20 Å². The molecule has 0 saturated carbocycles. The minimum Gasteiger partial charge on any atom is -0.495 e. The number of nitrogens with one attached hydrogen (secondary N) is 1. The average molecular weight is 280 g/mol. The Hall–Kier alpha value is -2.01. The summed E-state index contributed by atoms with van der Waals surface area (Å²) >= 11 is 6.00. The molecule has 100 valence electrons. The SMILES string of the molecule is COc1ccc(NC(=O)c2cnn(C)c2C)cc1Cl. The van der Waals surface area contributed by atoms with E-state index in [4.69, 9.17) is 16.3 Å². The number of carbonyl (C=O) groups excluding carboxylic acids is 1. The highest BCUT2D eigenvalue weighted by Crippen LogP contribution is 2.27. The quantitative estimate of drug-likeness (QED) is 0.940. The molecule has 19 heavy (non-hydrogen) atoms. The number of amides is 1. The van der Waals surface area contributed by atoms with Crippen molar-refractivity contribution in [2.24, 2.45) is 7.05 Å². The number of aryl methyl sites for hydroxylation is 1. The van der Waals surface area contributed by atoms with Crippen LogP contribution in [-0.4, -0.2) is 22.8 Å². The normalized spacial score (nSPS) is 10.3. The van der Waals surface area contributed by atoms with Crippen molar-refractivity contribution in [2.75, 3.05) is 12.4 Å². The maximum Gasteiger partial charge on any atom is 0.259 e. The summed E-state index contributed by atoms with van der Waals surface area (Å²) in [6.45, 7) is 1.84. The van der Waals surface area contributed by atoms with Crippen LogP contribution in [0.15, 0.2) is 24.4 Å². The number of benzene rings is 1. The standard InChI is InChI=1S/C13H14ClN3O2/c1-8-10(7-15-17(8)2)13(18)16-9-4-5-12(19-3)11(14)6-9/h4-7H,1-3H3,(H,16,18). The van der Waals surface area contributed by atoms with Crippen LogP contribution in [0.25, 0.3) is 0 Å². The summed E-state index contributed by atoms with van der Waals surface area (Å²) in [5.74, 6) is 0.351. The van der Waals surface area contributed by atoms with Crippen molar-refractivity contribution in [2.45, 2.75) is 6.92 Å². The highest BCUT2D eigenvalue weighted by atomic mass is 35.5. The molecule has 0 bridgehead atoms. The summed E-state index contributed by atoms with van der Waals surface area (Å²) in [5, 5.41) is 7.25. The molecular formula is C13H14ClN3O2. The van der Waals surface area contributed by atoms with E-state index < -0.39 is 0 Å². The Morgan fingerprint density at radius 1 is 1.47 bits per heavy atom. The molecule has 1 heterocycles. The summed E-state index contributed by atoms with van der Waals surface area (Å²) in [6, 6.07) is 5.08. The van der Waals surface area contributed by atoms with Crippen molar-refractivity contribution < 1.29 is 9.53 Å². The van der Waals surface area contributed by atoms with Gasteiger partial charge in [-0.2, -0.15) is 5.10 Å². The third-order valence-electron chi connectivity index (χ3n) is 2.89. The highest BCUT2D eigenvalue weighted by molar-refractivity contribution is 6.32. The summed E-state index contributed by atoms with van der Waals surface area (Å²) in [5.41, 5.74) is 1.95. The predicted molar refractivity (Wildman–Crippen MR) is 73.9 cm³/mol. The third-order valence-corrected chi connectivity index (χ3v) is 3.18. The van der Waals surface area contributed by atoms with Crippen LogP contribution in [0.1, 0.15) is 16.1 Å². The van der Waals surface area contributed by atoms with E-state index in [9.17, 15) is 4.79 Å². The molecule has 0 unspecified atom stereocenters. The predicted octanol–water partition coefficient (Wildman–Crippen LogP) is 2.64. The van der Waals surface area contributed by atoms with Gasteiger partial charge in [-0.05, 0) is 25.1 Å². The number of hydrogen-bond acceptors (Lipinski definition) is 3. The van der Waals surface area contributed by atoms with E-state index in [0.29, 0.717) is 22.0 Å². The Morgan fingerprint density at radius 2 is 2.21 bits per heavy atom. The molecular weight excluding hydrogens is 266 g/mol. The second-order valence-electron chi connectivity index (χ2n) is 4.07. The number of anilines is 1. The van der Waals surface area contributed by atoms with Gasteiger partial charge in [0.1, 0.15) is 5.75 Å². The molecule has 0 aliphatic heterocycles. The van der Waals surface area contributed by atoms with Crippen LogP contribution in [0.4, 0.5) is 5.69 Å². The minimum atomic E-state index is -0.216. The van der Waals surface area contributed by atoms with Crippen LogP contribution in [0, 0.1) is 6.92 Å². The third kappa shape index (κ3) is 2.71. The Morgan fingerprint density at radius 3 is 2.74 bits per heavy atom. The van der Waals surface area contributed by atoms with Gasteiger partial charge in [0.15, 0.2) is 0 Å². The molecule has 1 N–H and O–H groups in total. The van der Waals surface area contributed by atoms with Gasteiger partial charge in [0.05, 0.1) is 23.9 Å². The molecule has 1 aromatic heterocycles. The molecule has 0 radical (unpaired) electrons. The molecule has 1 amide bonds. The average Bonchev–Trinajstić information content (AvgIpc) is 2.70. The molecule has 0 aliphatic rings. The van der Waals surface area contributed by atoms with Crippen molar-refractivity contribution in [3.63, 3.8) is 0 Å². The van der Waals surface area contributed by atoms with E-state index >= 15 is 0 Å². The van der Waals surface area contributed by atoms with E-state index in [-0.39, 0.29) is 5.91 Å². The number of methoxy groups -OCH3 is 1. The molecule has 2 rings (SSSR count). The maximum atomic E-state index is 12.1. The lowest BCUT2D eigenvalue weighted by Crippen LogP contribution is -2.12. The fourth-order valence-electron chi connectivity index (χ4n) is 1.66. The first-order valence-electron chi connectivity index (χ1n) is 5.66. The van der Waals surface area contributed by atoms with Gasteiger partial charge in [0.2, 0.25) is 0 Å². The van der Waals surface area contributed by atoms with Crippen LogP contribution in [0.2, 0.25) is 5.02 Å². The maximum absolute atomic E-state index is 12.1. The van der Waals surface area contributed by atoms with E-state index in [0.717, 1.165) is 5.69 Å². The first-order chi connectivity index (χ1) is 9.02. The van der Waals surface area contributed by atoms with Crippen molar-refractivity contribution in [3.05, 3.63) is 40.7 Å². The van der Waals surface area contributed by atoms with Gasteiger partial charge >= 0.3 is 0 Å². The van der Waals surface area contributed by atoms with Gasteiger partial charge in [-0.3, -0.25) is 9.48 Å². The Balaban J connectivity index is 2.19. The molecule has 0 aliphatic carbocycles. The van der Waals surface area contributed by atoms with Crippen LogP contribution < -0.4 is 10.1 Å². The molecule has 6 heteroatoms. The lowest BCUT2D eigenvalue weighted by Gasteiger charge is -2.07.